The van der Waals surface area contributed by atoms with Crippen molar-refractivity contribution in [1.82, 2.24) is 30.3 Å². The van der Waals surface area contributed by atoms with Gasteiger partial charge in [0, 0.05) is 47.9 Å². The standard InChI is InChI=1S/C42H43BClN7O6/c1-3-45-38(52)23-36-41-49-48-26(2)51(41)37-16-15-32(22-34(37)40(47-36)29-11-13-31(44)14-12-29)57-25-39(53)46-24-27-7-6-8-30(21-27)28-17-19-50(20-18-28)42(54)33-9-4-5-10-35(33)43(55)56/h4-16,21-22,28,36,55-56H,3,17-20,23-25H2,1-2H3,(H,45,52)(H,46,53)/t36-/m0/s1. The molecule has 57 heavy (non-hydrogen) atoms. The maximum absolute atomic E-state index is 13.2. The molecule has 4 N–H and O–H groups in total. The predicted octanol–water partition coefficient (Wildman–Crippen LogP) is 4.04. The summed E-state index contributed by atoms with van der Waals surface area (Å²) >= 11 is 6.24. The number of piperidine rings is 1. The van der Waals surface area contributed by atoms with Gasteiger partial charge in [-0.2, -0.15) is 0 Å². The summed E-state index contributed by atoms with van der Waals surface area (Å²) in [5.41, 5.74) is 5.49. The molecular weight excluding hydrogens is 745 g/mol. The molecule has 0 spiro atoms. The van der Waals surface area contributed by atoms with Gasteiger partial charge in [0.2, 0.25) is 5.91 Å². The molecule has 15 heteroatoms. The molecule has 0 unspecified atom stereocenters. The second-order valence-corrected chi connectivity index (χ2v) is 14.6. The number of nitrogens with one attached hydrogen (secondary N) is 2. The van der Waals surface area contributed by atoms with E-state index >= 15 is 0 Å². The van der Waals surface area contributed by atoms with Crippen molar-refractivity contribution in [2.45, 2.75) is 51.6 Å². The van der Waals surface area contributed by atoms with Gasteiger partial charge in [-0.15, -0.1) is 10.2 Å². The Morgan fingerprint density at radius 1 is 0.912 bits per heavy atom. The fraction of sp³-hybridized carbons (Fsp3) is 0.286. The first-order chi connectivity index (χ1) is 27.6. The summed E-state index contributed by atoms with van der Waals surface area (Å²) in [5, 5.41) is 34.6. The maximum atomic E-state index is 13.2. The number of hydrogen-bond donors (Lipinski definition) is 4. The zero-order valence-corrected chi connectivity index (χ0v) is 32.4. The zero-order chi connectivity index (χ0) is 40.1. The molecule has 1 fully saturated rings. The Morgan fingerprint density at radius 2 is 1.68 bits per heavy atom. The van der Waals surface area contributed by atoms with Crippen molar-refractivity contribution >= 4 is 47.6 Å². The summed E-state index contributed by atoms with van der Waals surface area (Å²) in [5.74, 6) is 1.23. The molecule has 7 rings (SSSR count). The van der Waals surface area contributed by atoms with E-state index in [0.29, 0.717) is 59.9 Å². The molecule has 0 radical (unpaired) electrons. The molecule has 3 amide bonds. The number of hydrogen-bond acceptors (Lipinski definition) is 9. The molecule has 2 aliphatic heterocycles. The van der Waals surface area contributed by atoms with E-state index in [2.05, 4.69) is 33.0 Å². The number of aliphatic imine (C=N–C) groups is 1. The lowest BCUT2D eigenvalue weighted by Gasteiger charge is -2.33. The number of nitrogens with zero attached hydrogens (tertiary/aromatic N) is 5. The lowest BCUT2D eigenvalue weighted by molar-refractivity contribution is -0.123. The van der Waals surface area contributed by atoms with Crippen LogP contribution in [0.2, 0.25) is 5.02 Å². The molecule has 0 aliphatic carbocycles. The van der Waals surface area contributed by atoms with Crippen molar-refractivity contribution in [2.24, 2.45) is 4.99 Å². The van der Waals surface area contributed by atoms with Gasteiger partial charge in [0.15, 0.2) is 12.4 Å². The van der Waals surface area contributed by atoms with Crippen molar-refractivity contribution in [3.05, 3.63) is 135 Å². The van der Waals surface area contributed by atoms with Crippen molar-refractivity contribution in [1.29, 1.82) is 0 Å². The largest absolute Gasteiger partial charge is 0.489 e. The van der Waals surface area contributed by atoms with Crippen LogP contribution in [-0.2, 0) is 16.1 Å². The quantitative estimate of drug-likeness (QED) is 0.137. The molecule has 1 aromatic heterocycles. The predicted molar refractivity (Wildman–Crippen MR) is 217 cm³/mol. The maximum Gasteiger partial charge on any atom is 0.489 e. The first-order valence-electron chi connectivity index (χ1n) is 19.0. The number of carbonyl (C=O) groups excluding carboxylic acids is 3. The van der Waals surface area contributed by atoms with E-state index < -0.39 is 13.2 Å². The number of fused-ring (bicyclic) bond motifs is 3. The molecule has 1 atom stereocenters. The first kappa shape index (κ1) is 39.4. The topological polar surface area (TPSA) is 171 Å². The number of likely N-dealkylation sites (tertiary alicyclic amines) is 1. The first-order valence-corrected chi connectivity index (χ1v) is 19.4. The number of carbonyl (C=O) groups is 3. The highest BCUT2D eigenvalue weighted by atomic mass is 35.5. The van der Waals surface area contributed by atoms with Gasteiger partial charge in [-0.3, -0.25) is 23.9 Å². The van der Waals surface area contributed by atoms with E-state index in [-0.39, 0.29) is 42.1 Å². The third-order valence-electron chi connectivity index (χ3n) is 10.3. The number of amides is 3. The minimum atomic E-state index is -1.72. The van der Waals surface area contributed by atoms with Crippen LogP contribution in [0, 0.1) is 6.92 Å². The number of aryl methyl sites for hydroxylation is 1. The van der Waals surface area contributed by atoms with Gasteiger partial charge >= 0.3 is 7.12 Å². The smallest absolute Gasteiger partial charge is 0.484 e. The van der Waals surface area contributed by atoms with Gasteiger partial charge in [0.1, 0.15) is 17.6 Å². The van der Waals surface area contributed by atoms with Crippen molar-refractivity contribution < 1.29 is 29.2 Å². The minimum absolute atomic E-state index is 0.0811. The summed E-state index contributed by atoms with van der Waals surface area (Å²) in [6.07, 6.45) is 1.60. The fourth-order valence-electron chi connectivity index (χ4n) is 7.45. The van der Waals surface area contributed by atoms with E-state index in [4.69, 9.17) is 21.3 Å². The molecule has 2 aliphatic rings. The fourth-order valence-corrected chi connectivity index (χ4v) is 7.57. The van der Waals surface area contributed by atoms with Gasteiger partial charge in [0.25, 0.3) is 11.8 Å². The van der Waals surface area contributed by atoms with Crippen LogP contribution in [0.25, 0.3) is 5.69 Å². The van der Waals surface area contributed by atoms with Crippen LogP contribution in [0.4, 0.5) is 0 Å². The SMILES string of the molecule is CCNC(=O)C[C@@H]1N=C(c2ccc(Cl)cc2)c2cc(OCC(=O)NCc3cccc(C4CCN(C(=O)c5ccccc5B(O)O)CC4)c3)ccc2-n2c(C)nnc21. The van der Waals surface area contributed by atoms with E-state index in [0.717, 1.165) is 40.8 Å². The number of ether oxygens (including phenoxy) is 1. The Balaban J connectivity index is 1.01. The van der Waals surface area contributed by atoms with Crippen molar-refractivity contribution in [3.8, 4) is 11.4 Å². The minimum Gasteiger partial charge on any atom is -0.484 e. The van der Waals surface area contributed by atoms with Crippen LogP contribution < -0.4 is 20.8 Å². The van der Waals surface area contributed by atoms with E-state index in [9.17, 15) is 24.4 Å². The second kappa shape index (κ2) is 17.5. The average molecular weight is 788 g/mol. The van der Waals surface area contributed by atoms with Gasteiger partial charge in [0.05, 0.1) is 17.8 Å². The lowest BCUT2D eigenvalue weighted by Crippen LogP contribution is -2.43. The van der Waals surface area contributed by atoms with Gasteiger partial charge in [-0.1, -0.05) is 66.2 Å². The average Bonchev–Trinajstić information content (AvgIpc) is 3.55. The van der Waals surface area contributed by atoms with Crippen molar-refractivity contribution in [3.63, 3.8) is 0 Å². The van der Waals surface area contributed by atoms with E-state index in [1.165, 1.54) is 0 Å². The van der Waals surface area contributed by atoms with Crippen LogP contribution in [0.1, 0.15) is 82.4 Å². The van der Waals surface area contributed by atoms with Gasteiger partial charge < -0.3 is 30.3 Å². The Hall–Kier alpha value is -5.83. The molecule has 0 saturated carbocycles. The highest BCUT2D eigenvalue weighted by Crippen LogP contribution is 2.35. The Bertz CT molecular complexity index is 2310. The van der Waals surface area contributed by atoms with E-state index in [1.54, 1.807) is 47.4 Å². The number of halogens is 1. The summed E-state index contributed by atoms with van der Waals surface area (Å²) in [7, 11) is -1.72. The summed E-state index contributed by atoms with van der Waals surface area (Å²) in [6, 6.07) is 26.9. The third kappa shape index (κ3) is 8.93. The second-order valence-electron chi connectivity index (χ2n) is 14.1. The molecule has 13 nitrogen and oxygen atoms in total. The Kier molecular flexibility index (Phi) is 12.1. The Labute approximate surface area is 335 Å². The summed E-state index contributed by atoms with van der Waals surface area (Å²) in [4.78, 5) is 45.9. The number of rotatable bonds is 12. The lowest BCUT2D eigenvalue weighted by atomic mass is 9.76. The number of aromatic nitrogens is 3. The van der Waals surface area contributed by atoms with Crippen LogP contribution in [0.15, 0.2) is 96.0 Å². The molecule has 0 bridgehead atoms. The van der Waals surface area contributed by atoms with E-state index in [1.807, 2.05) is 54.8 Å². The molecule has 3 heterocycles. The zero-order valence-electron chi connectivity index (χ0n) is 31.7. The normalized spacial score (nSPS) is 15.1. The van der Waals surface area contributed by atoms with Crippen LogP contribution in [0.3, 0.4) is 0 Å². The Morgan fingerprint density at radius 3 is 2.44 bits per heavy atom. The molecule has 5 aromatic rings. The van der Waals surface area contributed by atoms with Gasteiger partial charge in [-0.25, -0.2) is 0 Å². The molecular formula is C42H43BClN7O6. The monoisotopic (exact) mass is 787 g/mol. The molecule has 1 saturated heterocycles. The van der Waals surface area contributed by atoms with Crippen LogP contribution >= 0.6 is 11.6 Å². The third-order valence-corrected chi connectivity index (χ3v) is 10.6. The highest BCUT2D eigenvalue weighted by Gasteiger charge is 2.31. The summed E-state index contributed by atoms with van der Waals surface area (Å²) in [6.45, 7) is 5.40. The summed E-state index contributed by atoms with van der Waals surface area (Å²) < 4.78 is 7.94. The van der Waals surface area contributed by atoms with Crippen molar-refractivity contribution in [2.75, 3.05) is 26.2 Å². The van der Waals surface area contributed by atoms with Gasteiger partial charge in [-0.05, 0) is 85.6 Å². The van der Waals surface area contributed by atoms with Crippen LogP contribution in [-0.4, -0.2) is 86.5 Å². The molecule has 4 aromatic carbocycles. The number of benzene rings is 4. The highest BCUT2D eigenvalue weighted by molar-refractivity contribution is 6.60. The molecule has 292 valence electrons. The van der Waals surface area contributed by atoms with Crippen LogP contribution in [0.5, 0.6) is 5.75 Å².